The Morgan fingerprint density at radius 2 is 1.88 bits per heavy atom. The summed E-state index contributed by atoms with van der Waals surface area (Å²) in [6.07, 6.45) is 0. The van der Waals surface area contributed by atoms with Crippen molar-refractivity contribution >= 4 is 29.3 Å². The molecule has 132 valence electrons. The quantitative estimate of drug-likeness (QED) is 0.606. The van der Waals surface area contributed by atoms with E-state index in [2.05, 4.69) is 15.4 Å². The molecule has 6 nitrogen and oxygen atoms in total. The van der Waals surface area contributed by atoms with E-state index in [1.807, 2.05) is 0 Å². The van der Waals surface area contributed by atoms with Crippen LogP contribution in [0.4, 0.5) is 14.9 Å². The van der Waals surface area contributed by atoms with Crippen molar-refractivity contribution in [1.29, 1.82) is 0 Å². The summed E-state index contributed by atoms with van der Waals surface area (Å²) in [5.41, 5.74) is 0.545. The number of carbonyl (C=O) groups is 2. The molecule has 25 heavy (non-hydrogen) atoms. The Balaban J connectivity index is 1.81. The number of urea groups is 1. The second kappa shape index (κ2) is 8.89. The maximum absolute atomic E-state index is 12.8. The molecule has 2 aromatic rings. The monoisotopic (exact) mass is 366 g/mol. The smallest absolute Gasteiger partial charge is 0.337 e. The highest BCUT2D eigenvalue weighted by atomic mass is 35.5. The Kier molecular flexibility index (Phi) is 6.59. The lowest BCUT2D eigenvalue weighted by molar-refractivity contribution is 0.0600. The van der Waals surface area contributed by atoms with Gasteiger partial charge in [0.05, 0.1) is 29.9 Å². The zero-order valence-electron chi connectivity index (χ0n) is 13.3. The first-order valence-corrected chi connectivity index (χ1v) is 7.68. The summed E-state index contributed by atoms with van der Waals surface area (Å²) in [6.45, 7) is 0.423. The predicted molar refractivity (Wildman–Crippen MR) is 91.7 cm³/mol. The van der Waals surface area contributed by atoms with Crippen LogP contribution in [-0.2, 0) is 4.74 Å². The van der Waals surface area contributed by atoms with E-state index in [9.17, 15) is 14.0 Å². The molecule has 0 unspecified atom stereocenters. The average molecular weight is 367 g/mol. The molecule has 0 radical (unpaired) electrons. The highest BCUT2D eigenvalue weighted by Gasteiger charge is 2.11. The van der Waals surface area contributed by atoms with E-state index in [0.717, 1.165) is 0 Å². The third-order valence-electron chi connectivity index (χ3n) is 3.11. The molecule has 0 aromatic heterocycles. The van der Waals surface area contributed by atoms with Crippen molar-refractivity contribution < 1.29 is 23.5 Å². The van der Waals surface area contributed by atoms with Crippen molar-refractivity contribution in [1.82, 2.24) is 5.32 Å². The second-order valence-corrected chi connectivity index (χ2v) is 5.28. The lowest BCUT2D eigenvalue weighted by Crippen LogP contribution is -2.32. The van der Waals surface area contributed by atoms with E-state index in [0.29, 0.717) is 5.75 Å². The minimum Gasteiger partial charge on any atom is -0.492 e. The summed E-state index contributed by atoms with van der Waals surface area (Å²) >= 11 is 5.99. The number of halogens is 2. The summed E-state index contributed by atoms with van der Waals surface area (Å²) in [6, 6.07) is 9.45. The van der Waals surface area contributed by atoms with Crippen LogP contribution in [0.2, 0.25) is 5.02 Å². The van der Waals surface area contributed by atoms with Crippen molar-refractivity contribution in [3.63, 3.8) is 0 Å². The lowest BCUT2D eigenvalue weighted by atomic mass is 10.2. The maximum Gasteiger partial charge on any atom is 0.337 e. The second-order valence-electron chi connectivity index (χ2n) is 4.87. The van der Waals surface area contributed by atoms with Gasteiger partial charge in [-0.05, 0) is 42.5 Å². The average Bonchev–Trinajstić information content (AvgIpc) is 2.61. The molecule has 0 aliphatic heterocycles. The first kappa shape index (κ1) is 18.5. The number of rotatable bonds is 6. The van der Waals surface area contributed by atoms with Crippen LogP contribution in [0.25, 0.3) is 0 Å². The summed E-state index contributed by atoms with van der Waals surface area (Å²) in [5, 5.41) is 5.40. The molecule has 0 spiro atoms. The summed E-state index contributed by atoms with van der Waals surface area (Å²) < 4.78 is 22.7. The Morgan fingerprint density at radius 1 is 1.16 bits per heavy atom. The van der Waals surface area contributed by atoms with Crippen LogP contribution in [0.3, 0.4) is 0 Å². The van der Waals surface area contributed by atoms with Crippen molar-refractivity contribution in [3.05, 3.63) is 58.9 Å². The van der Waals surface area contributed by atoms with Gasteiger partial charge in [0, 0.05) is 0 Å². The molecular formula is C17H16ClFN2O4. The maximum atomic E-state index is 12.8. The fraction of sp³-hybridized carbons (Fsp3) is 0.176. The van der Waals surface area contributed by atoms with Crippen LogP contribution >= 0.6 is 11.6 Å². The zero-order valence-corrected chi connectivity index (χ0v) is 14.1. The molecule has 0 aliphatic rings. The number of nitrogens with one attached hydrogen (secondary N) is 2. The van der Waals surface area contributed by atoms with E-state index < -0.39 is 12.0 Å². The fourth-order valence-electron chi connectivity index (χ4n) is 1.90. The van der Waals surface area contributed by atoms with E-state index in [-0.39, 0.29) is 35.2 Å². The van der Waals surface area contributed by atoms with E-state index >= 15 is 0 Å². The fourth-order valence-corrected chi connectivity index (χ4v) is 2.06. The number of hydrogen-bond acceptors (Lipinski definition) is 4. The number of methoxy groups -OCH3 is 1. The largest absolute Gasteiger partial charge is 0.492 e. The van der Waals surface area contributed by atoms with Gasteiger partial charge in [-0.3, -0.25) is 0 Å². The van der Waals surface area contributed by atoms with Crippen LogP contribution in [0.15, 0.2) is 42.5 Å². The normalized spacial score (nSPS) is 10.0. The molecule has 0 saturated heterocycles. The highest BCUT2D eigenvalue weighted by molar-refractivity contribution is 6.33. The molecule has 0 aliphatic carbocycles. The summed E-state index contributed by atoms with van der Waals surface area (Å²) in [5.74, 6) is -0.388. The Labute approximate surface area is 148 Å². The van der Waals surface area contributed by atoms with Crippen LogP contribution < -0.4 is 15.4 Å². The van der Waals surface area contributed by atoms with Gasteiger partial charge in [0.2, 0.25) is 0 Å². The van der Waals surface area contributed by atoms with Crippen molar-refractivity contribution in [2.24, 2.45) is 0 Å². The minimum absolute atomic E-state index is 0.203. The van der Waals surface area contributed by atoms with Gasteiger partial charge in [-0.25, -0.2) is 14.0 Å². The number of carbonyl (C=O) groups excluding carboxylic acids is 2. The van der Waals surface area contributed by atoms with E-state index in [4.69, 9.17) is 16.3 Å². The molecule has 2 aromatic carbocycles. The van der Waals surface area contributed by atoms with Crippen molar-refractivity contribution in [2.75, 3.05) is 25.6 Å². The topological polar surface area (TPSA) is 76.7 Å². The first-order chi connectivity index (χ1) is 12.0. The van der Waals surface area contributed by atoms with Crippen LogP contribution in [0.1, 0.15) is 10.4 Å². The Bertz CT molecular complexity index is 753. The van der Waals surface area contributed by atoms with E-state index in [1.165, 1.54) is 49.6 Å². The highest BCUT2D eigenvalue weighted by Crippen LogP contribution is 2.23. The van der Waals surface area contributed by atoms with Gasteiger partial charge in [0.15, 0.2) is 0 Å². The molecule has 0 heterocycles. The van der Waals surface area contributed by atoms with Gasteiger partial charge in [0.1, 0.15) is 18.2 Å². The summed E-state index contributed by atoms with van der Waals surface area (Å²) in [4.78, 5) is 23.4. The molecule has 0 bridgehead atoms. The summed E-state index contributed by atoms with van der Waals surface area (Å²) in [7, 11) is 1.26. The van der Waals surface area contributed by atoms with Crippen LogP contribution in [0.5, 0.6) is 5.75 Å². The van der Waals surface area contributed by atoms with Crippen molar-refractivity contribution in [3.8, 4) is 5.75 Å². The third-order valence-corrected chi connectivity index (χ3v) is 3.44. The first-order valence-electron chi connectivity index (χ1n) is 7.30. The Morgan fingerprint density at radius 3 is 2.56 bits per heavy atom. The third kappa shape index (κ3) is 5.65. The number of hydrogen-bond donors (Lipinski definition) is 2. The van der Waals surface area contributed by atoms with Gasteiger partial charge in [-0.15, -0.1) is 0 Å². The number of amides is 2. The van der Waals surface area contributed by atoms with Crippen LogP contribution in [0, 0.1) is 5.82 Å². The predicted octanol–water partition coefficient (Wildman–Crippen LogP) is 3.47. The van der Waals surface area contributed by atoms with E-state index in [1.54, 1.807) is 0 Å². The van der Waals surface area contributed by atoms with Gasteiger partial charge >= 0.3 is 12.0 Å². The number of esters is 1. The molecule has 0 atom stereocenters. The number of anilines is 1. The molecule has 0 saturated carbocycles. The Hall–Kier alpha value is -2.80. The van der Waals surface area contributed by atoms with Gasteiger partial charge in [-0.1, -0.05) is 11.6 Å². The molecule has 2 N–H and O–H groups in total. The lowest BCUT2D eigenvalue weighted by Gasteiger charge is -2.11. The molecule has 0 fully saturated rings. The molecular weight excluding hydrogens is 351 g/mol. The molecule has 2 rings (SSSR count). The molecule has 2 amide bonds. The minimum atomic E-state index is -0.534. The SMILES string of the molecule is COC(=O)c1ccc(Cl)c(NC(=O)NCCOc2ccc(F)cc2)c1. The van der Waals surface area contributed by atoms with Gasteiger partial charge < -0.3 is 20.1 Å². The zero-order chi connectivity index (χ0) is 18.2. The number of benzene rings is 2. The van der Waals surface area contributed by atoms with Gasteiger partial charge in [-0.2, -0.15) is 0 Å². The number of ether oxygens (including phenoxy) is 2. The van der Waals surface area contributed by atoms with Crippen molar-refractivity contribution in [2.45, 2.75) is 0 Å². The standard InChI is InChI=1S/C17H16ClFN2O4/c1-24-16(22)11-2-7-14(18)15(10-11)21-17(23)20-8-9-25-13-5-3-12(19)4-6-13/h2-7,10H,8-9H2,1H3,(H2,20,21,23). The molecule has 8 heteroatoms. The van der Waals surface area contributed by atoms with Crippen LogP contribution in [-0.4, -0.2) is 32.3 Å². The van der Waals surface area contributed by atoms with Gasteiger partial charge in [0.25, 0.3) is 0 Å².